The molecule has 3 amide bonds. The quantitative estimate of drug-likeness (QED) is 0.665. The van der Waals surface area contributed by atoms with Crippen LogP contribution < -0.4 is 10.6 Å². The lowest BCUT2D eigenvalue weighted by molar-refractivity contribution is -0.137. The van der Waals surface area contributed by atoms with Crippen LogP contribution in [-0.4, -0.2) is 42.8 Å². The third kappa shape index (κ3) is 7.29. The van der Waals surface area contributed by atoms with Crippen LogP contribution in [-0.2, 0) is 15.8 Å². The zero-order valence-electron chi connectivity index (χ0n) is 16.8. The van der Waals surface area contributed by atoms with Crippen molar-refractivity contribution in [3.8, 4) is 0 Å². The fourth-order valence-corrected chi connectivity index (χ4v) is 2.91. The second-order valence-electron chi connectivity index (χ2n) is 6.87. The summed E-state index contributed by atoms with van der Waals surface area (Å²) in [5.41, 5.74) is 0.243. The fourth-order valence-electron chi connectivity index (χ4n) is 2.69. The van der Waals surface area contributed by atoms with Crippen molar-refractivity contribution in [2.75, 3.05) is 25.5 Å². The van der Waals surface area contributed by atoms with Gasteiger partial charge >= 0.3 is 6.18 Å². The SMILES string of the molecule is Cc1cccc(C(=O)NCCC(=O)N(C)CC(=O)Nc2ccc(Cl)c(C(F)(F)F)c2)c1. The van der Waals surface area contributed by atoms with E-state index in [4.69, 9.17) is 11.6 Å². The molecule has 0 heterocycles. The van der Waals surface area contributed by atoms with Crippen LogP contribution in [0.2, 0.25) is 5.02 Å². The van der Waals surface area contributed by atoms with E-state index in [0.29, 0.717) is 5.56 Å². The molecule has 2 aromatic carbocycles. The maximum Gasteiger partial charge on any atom is 0.417 e. The zero-order chi connectivity index (χ0) is 23.2. The van der Waals surface area contributed by atoms with Gasteiger partial charge in [0.05, 0.1) is 17.1 Å². The number of nitrogens with zero attached hydrogens (tertiary/aromatic N) is 1. The summed E-state index contributed by atoms with van der Waals surface area (Å²) in [5.74, 6) is -1.40. The summed E-state index contributed by atoms with van der Waals surface area (Å²) in [7, 11) is 1.38. The van der Waals surface area contributed by atoms with Crippen molar-refractivity contribution in [2.24, 2.45) is 0 Å². The predicted molar refractivity (Wildman–Crippen MR) is 111 cm³/mol. The maximum atomic E-state index is 12.9. The van der Waals surface area contributed by atoms with Crippen molar-refractivity contribution in [3.63, 3.8) is 0 Å². The Morgan fingerprint density at radius 3 is 2.45 bits per heavy atom. The Morgan fingerprint density at radius 2 is 1.81 bits per heavy atom. The van der Waals surface area contributed by atoms with Crippen LogP contribution in [0.4, 0.5) is 18.9 Å². The van der Waals surface area contributed by atoms with Crippen LogP contribution in [0.1, 0.15) is 27.9 Å². The van der Waals surface area contributed by atoms with Gasteiger partial charge in [-0.3, -0.25) is 14.4 Å². The van der Waals surface area contributed by atoms with Crippen molar-refractivity contribution in [1.29, 1.82) is 0 Å². The Hall–Kier alpha value is -3.07. The van der Waals surface area contributed by atoms with E-state index < -0.39 is 28.6 Å². The number of nitrogens with one attached hydrogen (secondary N) is 2. The van der Waals surface area contributed by atoms with Crippen molar-refractivity contribution in [3.05, 3.63) is 64.2 Å². The van der Waals surface area contributed by atoms with Gasteiger partial charge in [-0.15, -0.1) is 0 Å². The first-order valence-electron chi connectivity index (χ1n) is 9.23. The van der Waals surface area contributed by atoms with Crippen LogP contribution in [0, 0.1) is 6.92 Å². The minimum Gasteiger partial charge on any atom is -0.352 e. The Morgan fingerprint density at radius 1 is 1.10 bits per heavy atom. The molecule has 0 aliphatic heterocycles. The maximum absolute atomic E-state index is 12.9. The molecular formula is C21H21ClF3N3O3. The number of likely N-dealkylation sites (N-methyl/N-ethyl adjacent to an activating group) is 1. The average molecular weight is 456 g/mol. The Labute approximate surface area is 182 Å². The highest BCUT2D eigenvalue weighted by atomic mass is 35.5. The zero-order valence-corrected chi connectivity index (χ0v) is 17.6. The number of carbonyl (C=O) groups is 3. The van der Waals surface area contributed by atoms with Gasteiger partial charge in [0.1, 0.15) is 0 Å². The molecule has 0 unspecified atom stereocenters. The van der Waals surface area contributed by atoms with Gasteiger partial charge in [0.25, 0.3) is 5.91 Å². The lowest BCUT2D eigenvalue weighted by Crippen LogP contribution is -2.37. The van der Waals surface area contributed by atoms with E-state index in [9.17, 15) is 27.6 Å². The van der Waals surface area contributed by atoms with Gasteiger partial charge in [-0.25, -0.2) is 0 Å². The molecule has 0 spiro atoms. The standard InChI is InChI=1S/C21H21ClF3N3O3/c1-13-4-3-5-14(10-13)20(31)26-9-8-19(30)28(2)12-18(29)27-15-6-7-17(22)16(11-15)21(23,24)25/h3-7,10-11H,8-9,12H2,1-2H3,(H,26,31)(H,27,29). The molecule has 0 saturated heterocycles. The monoisotopic (exact) mass is 455 g/mol. The molecule has 0 atom stereocenters. The number of hydrogen-bond donors (Lipinski definition) is 2. The normalized spacial score (nSPS) is 11.0. The summed E-state index contributed by atoms with van der Waals surface area (Å²) in [6.07, 6.45) is -4.70. The van der Waals surface area contributed by atoms with Crippen LogP contribution in [0.3, 0.4) is 0 Å². The Balaban J connectivity index is 1.83. The van der Waals surface area contributed by atoms with Crippen molar-refractivity contribution in [2.45, 2.75) is 19.5 Å². The number of rotatable bonds is 7. The largest absolute Gasteiger partial charge is 0.417 e. The predicted octanol–water partition coefficient (Wildman–Crippen LogP) is 3.88. The lowest BCUT2D eigenvalue weighted by Gasteiger charge is -2.17. The highest BCUT2D eigenvalue weighted by Gasteiger charge is 2.33. The molecule has 2 aromatic rings. The van der Waals surface area contributed by atoms with Gasteiger partial charge in [-0.1, -0.05) is 29.3 Å². The molecule has 0 radical (unpaired) electrons. The number of halogens is 4. The minimum atomic E-state index is -4.66. The van der Waals surface area contributed by atoms with Gasteiger partial charge in [0.15, 0.2) is 0 Å². The summed E-state index contributed by atoms with van der Waals surface area (Å²) in [4.78, 5) is 37.4. The molecule has 31 heavy (non-hydrogen) atoms. The van der Waals surface area contributed by atoms with Gasteiger partial charge in [0.2, 0.25) is 11.8 Å². The topological polar surface area (TPSA) is 78.5 Å². The number of hydrogen-bond acceptors (Lipinski definition) is 3. The summed E-state index contributed by atoms with van der Waals surface area (Å²) >= 11 is 5.55. The van der Waals surface area contributed by atoms with Gasteiger partial charge < -0.3 is 15.5 Å². The van der Waals surface area contributed by atoms with E-state index >= 15 is 0 Å². The van der Waals surface area contributed by atoms with E-state index in [0.717, 1.165) is 22.6 Å². The number of alkyl halides is 3. The minimum absolute atomic E-state index is 0.0412. The van der Waals surface area contributed by atoms with Crippen LogP contribution in [0.5, 0.6) is 0 Å². The molecular weight excluding hydrogens is 435 g/mol. The second kappa shape index (κ2) is 10.3. The van der Waals surface area contributed by atoms with E-state index in [1.807, 2.05) is 13.0 Å². The summed E-state index contributed by atoms with van der Waals surface area (Å²) in [6, 6.07) is 9.97. The number of carbonyl (C=O) groups excluding carboxylic acids is 3. The molecule has 0 aliphatic rings. The van der Waals surface area contributed by atoms with Crippen molar-refractivity contribution in [1.82, 2.24) is 10.2 Å². The third-order valence-corrected chi connectivity index (χ3v) is 4.60. The molecule has 2 rings (SSSR count). The second-order valence-corrected chi connectivity index (χ2v) is 7.27. The summed E-state index contributed by atoms with van der Waals surface area (Å²) in [5, 5.41) is 4.45. The first-order valence-corrected chi connectivity index (χ1v) is 9.60. The highest BCUT2D eigenvalue weighted by molar-refractivity contribution is 6.31. The number of aryl methyl sites for hydroxylation is 1. The van der Waals surface area contributed by atoms with Crippen molar-refractivity contribution >= 4 is 35.0 Å². The van der Waals surface area contributed by atoms with Crippen LogP contribution >= 0.6 is 11.6 Å². The van der Waals surface area contributed by atoms with E-state index in [1.165, 1.54) is 13.1 Å². The molecule has 0 fully saturated rings. The molecule has 10 heteroatoms. The smallest absolute Gasteiger partial charge is 0.352 e. The molecule has 0 aromatic heterocycles. The number of anilines is 1. The van der Waals surface area contributed by atoms with Gasteiger partial charge in [0, 0.05) is 31.3 Å². The van der Waals surface area contributed by atoms with E-state index in [2.05, 4.69) is 10.6 Å². The molecule has 0 saturated carbocycles. The fraction of sp³-hybridized carbons (Fsp3) is 0.286. The first-order chi connectivity index (χ1) is 14.5. The molecule has 0 aliphatic carbocycles. The van der Waals surface area contributed by atoms with Crippen LogP contribution in [0.15, 0.2) is 42.5 Å². The first kappa shape index (κ1) is 24.2. The summed E-state index contributed by atoms with van der Waals surface area (Å²) in [6.45, 7) is 1.56. The average Bonchev–Trinajstić information content (AvgIpc) is 2.68. The van der Waals surface area contributed by atoms with Gasteiger partial charge in [-0.2, -0.15) is 13.2 Å². The third-order valence-electron chi connectivity index (χ3n) is 4.27. The van der Waals surface area contributed by atoms with Crippen molar-refractivity contribution < 1.29 is 27.6 Å². The molecule has 2 N–H and O–H groups in total. The Bertz CT molecular complexity index is 980. The molecule has 0 bridgehead atoms. The molecule has 166 valence electrons. The molecule has 6 nitrogen and oxygen atoms in total. The number of amides is 3. The highest BCUT2D eigenvalue weighted by Crippen LogP contribution is 2.36. The van der Waals surface area contributed by atoms with Crippen LogP contribution in [0.25, 0.3) is 0 Å². The lowest BCUT2D eigenvalue weighted by atomic mass is 10.1. The van der Waals surface area contributed by atoms with E-state index in [-0.39, 0.29) is 31.1 Å². The van der Waals surface area contributed by atoms with E-state index in [1.54, 1.807) is 18.2 Å². The number of benzene rings is 2. The van der Waals surface area contributed by atoms with Gasteiger partial charge in [-0.05, 0) is 37.3 Å². The summed E-state index contributed by atoms with van der Waals surface area (Å²) < 4.78 is 38.7. The Kier molecular flexibility index (Phi) is 8.04.